The Balaban J connectivity index is 1.46. The fourth-order valence-corrected chi connectivity index (χ4v) is 8.90. The van der Waals surface area contributed by atoms with Crippen molar-refractivity contribution in [2.24, 2.45) is 52.3 Å². The Morgan fingerprint density at radius 1 is 1.07 bits per heavy atom. The molecule has 0 saturated heterocycles. The van der Waals surface area contributed by atoms with E-state index in [1.807, 2.05) is 5.57 Å². The highest BCUT2D eigenvalue weighted by Gasteiger charge is 2.58. The number of fused-ring (bicyclic) bond motifs is 5. The molecule has 0 amide bonds. The summed E-state index contributed by atoms with van der Waals surface area (Å²) in [4.78, 5) is 0. The highest BCUT2D eigenvalue weighted by molar-refractivity contribution is 5.25. The van der Waals surface area contributed by atoms with Crippen LogP contribution in [0.4, 0.5) is 0 Å². The molecule has 9 atom stereocenters. The quantitative estimate of drug-likeness (QED) is 0.393. The van der Waals surface area contributed by atoms with E-state index in [-0.39, 0.29) is 0 Å². The molecule has 0 spiro atoms. The molecular weight excluding hydrogens is 348 g/mol. The first-order chi connectivity index (χ1) is 13.8. The summed E-state index contributed by atoms with van der Waals surface area (Å²) >= 11 is 0. The maximum absolute atomic E-state index is 3.97. The first-order valence-corrected chi connectivity index (χ1v) is 13.1. The van der Waals surface area contributed by atoms with Crippen molar-refractivity contribution in [3.63, 3.8) is 0 Å². The molecule has 0 heteroatoms. The molecule has 3 fully saturated rings. The summed E-state index contributed by atoms with van der Waals surface area (Å²) in [5, 5.41) is 0. The highest BCUT2D eigenvalue weighted by atomic mass is 14.6. The van der Waals surface area contributed by atoms with E-state index in [9.17, 15) is 0 Å². The van der Waals surface area contributed by atoms with Crippen molar-refractivity contribution in [3.8, 4) is 0 Å². The van der Waals surface area contributed by atoms with Gasteiger partial charge in [-0.1, -0.05) is 65.2 Å². The zero-order chi connectivity index (χ0) is 20.8. The van der Waals surface area contributed by atoms with E-state index in [1.54, 1.807) is 0 Å². The van der Waals surface area contributed by atoms with E-state index in [2.05, 4.69) is 53.3 Å². The van der Waals surface area contributed by atoms with Gasteiger partial charge in [-0.05, 0) is 110 Å². The van der Waals surface area contributed by atoms with Gasteiger partial charge in [0, 0.05) is 0 Å². The van der Waals surface area contributed by atoms with Crippen molar-refractivity contribution in [2.45, 2.75) is 105 Å². The topological polar surface area (TPSA) is 0 Å². The predicted molar refractivity (Wildman–Crippen MR) is 127 cm³/mol. The molecule has 0 radical (unpaired) electrons. The molecule has 164 valence electrons. The van der Waals surface area contributed by atoms with Crippen LogP contribution in [-0.2, 0) is 0 Å². The standard InChI is InChI=1S/C29H48/c1-7-20(2)9-8-10-22(4)25-13-14-26-24-12-11-23-19-21(3)15-17-28(23,5)27(24)16-18-29(25,26)6/h7,11,20-22,24-27H,1,8-10,12-19H2,2-6H3/t20?,21-,22+,24-,25+,26?,27?,28-,29+/m0/s1. The Hall–Kier alpha value is -0.520. The molecule has 3 saturated carbocycles. The predicted octanol–water partition coefficient (Wildman–Crippen LogP) is 8.83. The molecule has 0 aromatic heterocycles. The number of rotatable bonds is 6. The number of allylic oxidation sites excluding steroid dienone is 3. The average molecular weight is 397 g/mol. The van der Waals surface area contributed by atoms with Gasteiger partial charge in [-0.15, -0.1) is 6.58 Å². The maximum atomic E-state index is 3.97. The summed E-state index contributed by atoms with van der Waals surface area (Å²) in [6.45, 7) is 16.7. The van der Waals surface area contributed by atoms with Crippen molar-refractivity contribution in [1.82, 2.24) is 0 Å². The van der Waals surface area contributed by atoms with Crippen LogP contribution in [0.25, 0.3) is 0 Å². The van der Waals surface area contributed by atoms with Gasteiger partial charge < -0.3 is 0 Å². The van der Waals surface area contributed by atoms with Gasteiger partial charge in [-0.25, -0.2) is 0 Å². The molecule has 0 bridgehead atoms. The summed E-state index contributed by atoms with van der Waals surface area (Å²) in [6, 6.07) is 0. The first kappa shape index (κ1) is 21.7. The minimum atomic E-state index is 0.543. The minimum Gasteiger partial charge on any atom is -0.103 e. The van der Waals surface area contributed by atoms with E-state index >= 15 is 0 Å². The SMILES string of the molecule is C=CC(C)CCC[C@@H](C)[C@H]1CCC2[C@@H]3CC=C4C[C@@H](C)CC[C@]4(C)C3CC[C@@]21C. The summed E-state index contributed by atoms with van der Waals surface area (Å²) < 4.78 is 0. The monoisotopic (exact) mass is 396 g/mol. The third kappa shape index (κ3) is 3.70. The molecule has 4 aliphatic rings. The summed E-state index contributed by atoms with van der Waals surface area (Å²) in [7, 11) is 0. The van der Waals surface area contributed by atoms with Gasteiger partial charge in [0.25, 0.3) is 0 Å². The second-order valence-electron chi connectivity index (χ2n) is 12.5. The second kappa shape index (κ2) is 8.20. The van der Waals surface area contributed by atoms with Crippen LogP contribution >= 0.6 is 0 Å². The zero-order valence-corrected chi connectivity index (χ0v) is 20.2. The van der Waals surface area contributed by atoms with E-state index < -0.39 is 0 Å². The van der Waals surface area contributed by atoms with Crippen LogP contribution in [0.3, 0.4) is 0 Å². The van der Waals surface area contributed by atoms with Crippen LogP contribution in [-0.4, -0.2) is 0 Å². The molecule has 0 aliphatic heterocycles. The van der Waals surface area contributed by atoms with E-state index in [1.165, 1.54) is 70.6 Å². The molecule has 4 aliphatic carbocycles. The molecule has 0 aromatic carbocycles. The average Bonchev–Trinajstić information content (AvgIpc) is 3.05. The second-order valence-corrected chi connectivity index (χ2v) is 12.5. The lowest BCUT2D eigenvalue weighted by molar-refractivity contribution is -0.0522. The number of hydrogen-bond donors (Lipinski definition) is 0. The van der Waals surface area contributed by atoms with Crippen LogP contribution in [0.15, 0.2) is 24.3 Å². The van der Waals surface area contributed by atoms with Crippen LogP contribution < -0.4 is 0 Å². The van der Waals surface area contributed by atoms with Crippen molar-refractivity contribution in [3.05, 3.63) is 24.3 Å². The van der Waals surface area contributed by atoms with Crippen LogP contribution in [0.2, 0.25) is 0 Å². The normalized spacial score (nSPS) is 46.1. The van der Waals surface area contributed by atoms with E-state index in [0.717, 1.165) is 35.5 Å². The Kier molecular flexibility index (Phi) is 6.14. The van der Waals surface area contributed by atoms with Crippen molar-refractivity contribution >= 4 is 0 Å². The lowest BCUT2D eigenvalue weighted by Crippen LogP contribution is -2.50. The Bertz CT molecular complexity index is 628. The lowest BCUT2D eigenvalue weighted by Gasteiger charge is -2.58. The molecule has 0 aromatic rings. The summed E-state index contributed by atoms with van der Waals surface area (Å²) in [5.74, 6) is 6.43. The third-order valence-corrected chi connectivity index (χ3v) is 10.8. The lowest BCUT2D eigenvalue weighted by atomic mass is 9.46. The smallest absolute Gasteiger partial charge is 0.00851 e. The zero-order valence-electron chi connectivity index (χ0n) is 20.2. The van der Waals surface area contributed by atoms with Crippen LogP contribution in [0.1, 0.15) is 105 Å². The Morgan fingerprint density at radius 2 is 1.86 bits per heavy atom. The molecule has 29 heavy (non-hydrogen) atoms. The number of hydrogen-bond acceptors (Lipinski definition) is 0. The van der Waals surface area contributed by atoms with Crippen molar-refractivity contribution in [2.75, 3.05) is 0 Å². The highest BCUT2D eigenvalue weighted by Crippen LogP contribution is 2.67. The van der Waals surface area contributed by atoms with Gasteiger partial charge in [0.15, 0.2) is 0 Å². The molecule has 4 rings (SSSR count). The molecule has 0 heterocycles. The molecular formula is C29H48. The molecule has 0 nitrogen and oxygen atoms in total. The third-order valence-electron chi connectivity index (χ3n) is 10.8. The van der Waals surface area contributed by atoms with Crippen LogP contribution in [0.5, 0.6) is 0 Å². The maximum Gasteiger partial charge on any atom is -0.00851 e. The summed E-state index contributed by atoms with van der Waals surface area (Å²) in [5.41, 5.74) is 3.02. The minimum absolute atomic E-state index is 0.543. The largest absolute Gasteiger partial charge is 0.103 e. The fraction of sp³-hybridized carbons (Fsp3) is 0.862. The first-order valence-electron chi connectivity index (χ1n) is 13.1. The van der Waals surface area contributed by atoms with E-state index in [0.29, 0.717) is 16.7 Å². The van der Waals surface area contributed by atoms with Gasteiger partial charge in [0.1, 0.15) is 0 Å². The fourth-order valence-electron chi connectivity index (χ4n) is 8.90. The Morgan fingerprint density at radius 3 is 2.62 bits per heavy atom. The molecule has 0 N–H and O–H groups in total. The summed E-state index contributed by atoms with van der Waals surface area (Å²) in [6.07, 6.45) is 20.8. The van der Waals surface area contributed by atoms with Gasteiger partial charge >= 0.3 is 0 Å². The van der Waals surface area contributed by atoms with E-state index in [4.69, 9.17) is 0 Å². The van der Waals surface area contributed by atoms with Gasteiger partial charge in [0.2, 0.25) is 0 Å². The van der Waals surface area contributed by atoms with Gasteiger partial charge in [0.05, 0.1) is 0 Å². The van der Waals surface area contributed by atoms with Gasteiger partial charge in [-0.3, -0.25) is 0 Å². The van der Waals surface area contributed by atoms with Crippen LogP contribution in [0, 0.1) is 52.3 Å². The van der Waals surface area contributed by atoms with Crippen molar-refractivity contribution in [1.29, 1.82) is 0 Å². The Labute approximate surface area is 182 Å². The van der Waals surface area contributed by atoms with Gasteiger partial charge in [-0.2, -0.15) is 0 Å². The van der Waals surface area contributed by atoms with Crippen molar-refractivity contribution < 1.29 is 0 Å². The molecule has 3 unspecified atom stereocenters.